The van der Waals surface area contributed by atoms with Crippen LogP contribution in [0.5, 0.6) is 0 Å². The number of nitrogens with zero attached hydrogens (tertiary/aromatic N) is 1. The molecule has 5 heteroatoms. The highest BCUT2D eigenvalue weighted by Crippen LogP contribution is 2.52. The lowest BCUT2D eigenvalue weighted by Crippen LogP contribution is -2.37. The zero-order valence-corrected chi connectivity index (χ0v) is 8.50. The van der Waals surface area contributed by atoms with Gasteiger partial charge in [-0.2, -0.15) is 0 Å². The predicted octanol–water partition coefficient (Wildman–Crippen LogP) is -0.122. The molecule has 2 amide bonds. The molecule has 1 N–H and O–H groups in total. The van der Waals surface area contributed by atoms with Crippen molar-refractivity contribution >= 4 is 17.8 Å². The highest BCUT2D eigenvalue weighted by atomic mass is 16.4. The Kier molecular flexibility index (Phi) is 1.75. The molecular formula is C11H11NO4. The number of imide groups is 1. The van der Waals surface area contributed by atoms with Gasteiger partial charge in [-0.25, -0.2) is 0 Å². The number of carbonyl (C=O) groups is 3. The second-order valence-electron chi connectivity index (χ2n) is 4.66. The van der Waals surface area contributed by atoms with E-state index in [4.69, 9.17) is 5.11 Å². The van der Waals surface area contributed by atoms with E-state index in [0.717, 1.165) is 11.3 Å². The Morgan fingerprint density at radius 2 is 1.75 bits per heavy atom. The van der Waals surface area contributed by atoms with Crippen LogP contribution < -0.4 is 0 Å². The van der Waals surface area contributed by atoms with E-state index in [1.807, 2.05) is 12.2 Å². The van der Waals surface area contributed by atoms with Gasteiger partial charge in [0.2, 0.25) is 11.8 Å². The number of amides is 2. The Bertz CT molecular complexity index is 398. The molecule has 84 valence electrons. The molecule has 1 saturated carbocycles. The Balaban J connectivity index is 1.91. The van der Waals surface area contributed by atoms with Crippen molar-refractivity contribution in [3.63, 3.8) is 0 Å². The van der Waals surface area contributed by atoms with Crippen molar-refractivity contribution in [3.8, 4) is 0 Å². The molecule has 3 aliphatic rings. The number of allylic oxidation sites excluding steroid dienone is 2. The number of hydrogen-bond acceptors (Lipinski definition) is 3. The normalized spacial score (nSPS) is 39.6. The molecule has 1 heterocycles. The summed E-state index contributed by atoms with van der Waals surface area (Å²) in [4.78, 5) is 35.4. The molecule has 3 rings (SSSR count). The predicted molar refractivity (Wildman–Crippen MR) is 52.1 cm³/mol. The number of carboxylic acid groups (broad SMARTS) is 1. The lowest BCUT2D eigenvalue weighted by molar-refractivity contribution is -0.149. The minimum Gasteiger partial charge on any atom is -0.480 e. The van der Waals surface area contributed by atoms with Crippen LogP contribution in [0, 0.1) is 23.7 Å². The summed E-state index contributed by atoms with van der Waals surface area (Å²) in [5, 5.41) is 8.66. The van der Waals surface area contributed by atoms with Crippen molar-refractivity contribution in [2.75, 3.05) is 6.54 Å². The SMILES string of the molecule is O=C(O)CN1C(=O)[C@H]2[C@H](C1=O)[C@H]1C=C[C@H]2C1. The minimum absolute atomic E-state index is 0.144. The topological polar surface area (TPSA) is 74.7 Å². The molecular weight excluding hydrogens is 210 g/mol. The summed E-state index contributed by atoms with van der Waals surface area (Å²) >= 11 is 0. The smallest absolute Gasteiger partial charge is 0.323 e. The summed E-state index contributed by atoms with van der Waals surface area (Å²) in [6.45, 7) is -0.496. The van der Waals surface area contributed by atoms with Crippen LogP contribution in [0.4, 0.5) is 0 Å². The van der Waals surface area contributed by atoms with Crippen molar-refractivity contribution in [1.82, 2.24) is 4.90 Å². The minimum atomic E-state index is -1.14. The first-order chi connectivity index (χ1) is 7.59. The van der Waals surface area contributed by atoms with Gasteiger partial charge in [0.15, 0.2) is 0 Å². The molecule has 0 unspecified atom stereocenters. The van der Waals surface area contributed by atoms with Gasteiger partial charge in [-0.15, -0.1) is 0 Å². The van der Waals surface area contributed by atoms with Gasteiger partial charge in [0.25, 0.3) is 0 Å². The lowest BCUT2D eigenvalue weighted by Gasteiger charge is -2.14. The first kappa shape index (κ1) is 9.57. The van der Waals surface area contributed by atoms with Gasteiger partial charge in [0, 0.05) is 0 Å². The summed E-state index contributed by atoms with van der Waals surface area (Å²) in [7, 11) is 0. The van der Waals surface area contributed by atoms with Crippen LogP contribution in [-0.2, 0) is 14.4 Å². The third kappa shape index (κ3) is 1.03. The van der Waals surface area contributed by atoms with Gasteiger partial charge >= 0.3 is 5.97 Å². The summed E-state index contributed by atoms with van der Waals surface area (Å²) < 4.78 is 0. The van der Waals surface area contributed by atoms with Gasteiger partial charge in [0.1, 0.15) is 6.54 Å². The summed E-state index contributed by atoms with van der Waals surface area (Å²) in [5.41, 5.74) is 0. The van der Waals surface area contributed by atoms with Crippen molar-refractivity contribution in [3.05, 3.63) is 12.2 Å². The van der Waals surface area contributed by atoms with Crippen LogP contribution in [0.2, 0.25) is 0 Å². The zero-order chi connectivity index (χ0) is 11.4. The van der Waals surface area contributed by atoms with E-state index >= 15 is 0 Å². The Morgan fingerprint density at radius 3 is 2.19 bits per heavy atom. The Hall–Kier alpha value is -1.65. The first-order valence-corrected chi connectivity index (χ1v) is 5.35. The maximum Gasteiger partial charge on any atom is 0.323 e. The number of carbonyl (C=O) groups excluding carboxylic acids is 2. The van der Waals surface area contributed by atoms with E-state index in [2.05, 4.69) is 0 Å². The van der Waals surface area contributed by atoms with Gasteiger partial charge in [-0.05, 0) is 18.3 Å². The zero-order valence-electron chi connectivity index (χ0n) is 8.50. The average Bonchev–Trinajstić information content (AvgIpc) is 2.87. The molecule has 4 atom stereocenters. The molecule has 2 fully saturated rings. The molecule has 5 nitrogen and oxygen atoms in total. The Morgan fingerprint density at radius 1 is 1.25 bits per heavy atom. The van der Waals surface area contributed by atoms with Crippen LogP contribution in [0.15, 0.2) is 12.2 Å². The van der Waals surface area contributed by atoms with Gasteiger partial charge in [-0.3, -0.25) is 19.3 Å². The number of hydrogen-bond donors (Lipinski definition) is 1. The average molecular weight is 221 g/mol. The molecule has 2 aliphatic carbocycles. The molecule has 0 spiro atoms. The van der Waals surface area contributed by atoms with Crippen molar-refractivity contribution in [2.24, 2.45) is 23.7 Å². The monoisotopic (exact) mass is 221 g/mol. The van der Waals surface area contributed by atoms with E-state index in [0.29, 0.717) is 0 Å². The van der Waals surface area contributed by atoms with Gasteiger partial charge in [0.05, 0.1) is 11.8 Å². The third-order valence-electron chi connectivity index (χ3n) is 3.86. The molecule has 2 bridgehead atoms. The fourth-order valence-corrected chi connectivity index (χ4v) is 3.26. The molecule has 0 aromatic carbocycles. The fourth-order valence-electron chi connectivity index (χ4n) is 3.26. The summed E-state index contributed by atoms with van der Waals surface area (Å²) in [5.74, 6) is -2.02. The summed E-state index contributed by atoms with van der Waals surface area (Å²) in [6, 6.07) is 0. The molecule has 1 saturated heterocycles. The number of rotatable bonds is 2. The standard InChI is InChI=1S/C11H11NO4/c13-7(14)4-12-10(15)8-5-1-2-6(3-5)9(8)11(12)16/h1-2,5-6,8-9H,3-4H2,(H,13,14)/t5-,6-,8+,9+/m0/s1. The number of carboxylic acids is 1. The molecule has 0 aromatic heterocycles. The number of likely N-dealkylation sites (tertiary alicyclic amines) is 1. The first-order valence-electron chi connectivity index (χ1n) is 5.35. The van der Waals surface area contributed by atoms with Crippen molar-refractivity contribution < 1.29 is 19.5 Å². The molecule has 1 aliphatic heterocycles. The lowest BCUT2D eigenvalue weighted by atomic mass is 9.85. The number of aliphatic carboxylic acids is 1. The number of fused-ring (bicyclic) bond motifs is 5. The van der Waals surface area contributed by atoms with Gasteiger partial charge < -0.3 is 5.11 Å². The van der Waals surface area contributed by atoms with Crippen molar-refractivity contribution in [1.29, 1.82) is 0 Å². The van der Waals surface area contributed by atoms with E-state index < -0.39 is 12.5 Å². The second kappa shape index (κ2) is 2.93. The van der Waals surface area contributed by atoms with E-state index in [1.54, 1.807) is 0 Å². The van der Waals surface area contributed by atoms with E-state index in [9.17, 15) is 14.4 Å². The quantitative estimate of drug-likeness (QED) is 0.521. The highest BCUT2D eigenvalue weighted by Gasteiger charge is 2.59. The van der Waals surface area contributed by atoms with E-state index in [1.165, 1.54) is 0 Å². The molecule has 0 aromatic rings. The maximum atomic E-state index is 11.9. The van der Waals surface area contributed by atoms with Crippen LogP contribution in [0.1, 0.15) is 6.42 Å². The van der Waals surface area contributed by atoms with Crippen LogP contribution in [0.3, 0.4) is 0 Å². The van der Waals surface area contributed by atoms with E-state index in [-0.39, 0.29) is 35.5 Å². The fraction of sp³-hybridized carbons (Fsp3) is 0.545. The summed E-state index contributed by atoms with van der Waals surface area (Å²) in [6.07, 6.45) is 4.84. The maximum absolute atomic E-state index is 11.9. The molecule has 0 radical (unpaired) electrons. The van der Waals surface area contributed by atoms with Gasteiger partial charge in [-0.1, -0.05) is 12.2 Å². The molecule has 16 heavy (non-hydrogen) atoms. The van der Waals surface area contributed by atoms with Crippen LogP contribution >= 0.6 is 0 Å². The Labute approximate surface area is 91.7 Å². The second-order valence-corrected chi connectivity index (χ2v) is 4.66. The van der Waals surface area contributed by atoms with Crippen molar-refractivity contribution in [2.45, 2.75) is 6.42 Å². The third-order valence-corrected chi connectivity index (χ3v) is 3.86. The largest absolute Gasteiger partial charge is 0.480 e. The highest BCUT2D eigenvalue weighted by molar-refractivity contribution is 6.08. The van der Waals surface area contributed by atoms with Crippen LogP contribution in [-0.4, -0.2) is 34.3 Å². The van der Waals surface area contributed by atoms with Crippen LogP contribution in [0.25, 0.3) is 0 Å².